The van der Waals surface area contributed by atoms with Gasteiger partial charge in [0.2, 0.25) is 0 Å². The van der Waals surface area contributed by atoms with Crippen LogP contribution in [-0.2, 0) is 0 Å². The Kier molecular flexibility index (Phi) is 2.86. The second-order valence-electron chi connectivity index (χ2n) is 3.48. The molecule has 0 saturated carbocycles. The number of nitrogen functional groups attached to an aromatic ring is 1. The Hall–Kier alpha value is -2.25. The van der Waals surface area contributed by atoms with Crippen LogP contribution in [-0.4, -0.2) is 20.6 Å². The number of rotatable bonds is 3. The lowest BCUT2D eigenvalue weighted by atomic mass is 10.2. The SMILES string of the molecule is CC(Nc1cc(F)cc(F)c1N)c1nn[nH]n1. The summed E-state index contributed by atoms with van der Waals surface area (Å²) in [4.78, 5) is 0. The molecule has 0 aliphatic carbocycles. The highest BCUT2D eigenvalue weighted by Gasteiger charge is 2.14. The van der Waals surface area contributed by atoms with Gasteiger partial charge in [0.05, 0.1) is 17.4 Å². The first-order chi connectivity index (χ1) is 8.08. The molecule has 0 fully saturated rings. The first kappa shape index (κ1) is 11.2. The van der Waals surface area contributed by atoms with Crippen molar-refractivity contribution in [1.29, 1.82) is 0 Å². The maximum absolute atomic E-state index is 13.2. The van der Waals surface area contributed by atoms with E-state index < -0.39 is 11.6 Å². The van der Waals surface area contributed by atoms with Crippen molar-refractivity contribution < 1.29 is 8.78 Å². The predicted molar refractivity (Wildman–Crippen MR) is 57.0 cm³/mol. The molecular weight excluding hydrogens is 230 g/mol. The molecule has 1 aromatic heterocycles. The fourth-order valence-corrected chi connectivity index (χ4v) is 1.35. The molecule has 2 aromatic rings. The van der Waals surface area contributed by atoms with Crippen LogP contribution >= 0.6 is 0 Å². The van der Waals surface area contributed by atoms with E-state index in [1.165, 1.54) is 0 Å². The number of tetrazole rings is 1. The molecule has 1 unspecified atom stereocenters. The number of aromatic nitrogens is 4. The summed E-state index contributed by atoms with van der Waals surface area (Å²) in [6.07, 6.45) is 0. The van der Waals surface area contributed by atoms with Crippen LogP contribution < -0.4 is 11.1 Å². The van der Waals surface area contributed by atoms with Gasteiger partial charge < -0.3 is 11.1 Å². The van der Waals surface area contributed by atoms with Crippen molar-refractivity contribution in [3.05, 3.63) is 29.6 Å². The van der Waals surface area contributed by atoms with Crippen molar-refractivity contribution in [3.8, 4) is 0 Å². The van der Waals surface area contributed by atoms with Crippen LogP contribution in [0.25, 0.3) is 0 Å². The van der Waals surface area contributed by atoms with E-state index in [-0.39, 0.29) is 17.4 Å². The van der Waals surface area contributed by atoms with Crippen molar-refractivity contribution >= 4 is 11.4 Å². The second-order valence-corrected chi connectivity index (χ2v) is 3.48. The first-order valence-corrected chi connectivity index (χ1v) is 4.82. The molecule has 17 heavy (non-hydrogen) atoms. The number of H-pyrrole nitrogens is 1. The van der Waals surface area contributed by atoms with Crippen molar-refractivity contribution in [2.24, 2.45) is 0 Å². The van der Waals surface area contributed by atoms with Crippen LogP contribution in [0.2, 0.25) is 0 Å². The molecule has 0 amide bonds. The molecule has 2 rings (SSSR count). The lowest BCUT2D eigenvalue weighted by molar-refractivity contribution is 0.586. The molecule has 0 aliphatic rings. The van der Waals surface area contributed by atoms with Crippen molar-refractivity contribution in [2.75, 3.05) is 11.1 Å². The highest BCUT2D eigenvalue weighted by Crippen LogP contribution is 2.26. The number of nitrogens with zero attached hydrogens (tertiary/aromatic N) is 3. The Morgan fingerprint density at radius 3 is 2.82 bits per heavy atom. The fraction of sp³-hybridized carbons (Fsp3) is 0.222. The average Bonchev–Trinajstić information content (AvgIpc) is 2.78. The van der Waals surface area contributed by atoms with Gasteiger partial charge in [0, 0.05) is 6.07 Å². The number of benzene rings is 1. The monoisotopic (exact) mass is 240 g/mol. The van der Waals surface area contributed by atoms with Crippen LogP contribution in [0.1, 0.15) is 18.8 Å². The van der Waals surface area contributed by atoms with E-state index in [4.69, 9.17) is 5.73 Å². The molecule has 1 atom stereocenters. The Morgan fingerprint density at radius 2 is 2.18 bits per heavy atom. The minimum atomic E-state index is -0.812. The van der Waals surface area contributed by atoms with Gasteiger partial charge in [-0.25, -0.2) is 8.78 Å². The van der Waals surface area contributed by atoms with Gasteiger partial charge in [-0.3, -0.25) is 0 Å². The molecule has 8 heteroatoms. The molecule has 0 saturated heterocycles. The summed E-state index contributed by atoms with van der Waals surface area (Å²) < 4.78 is 26.2. The number of anilines is 2. The summed E-state index contributed by atoms with van der Waals surface area (Å²) in [5.41, 5.74) is 5.49. The summed E-state index contributed by atoms with van der Waals surface area (Å²) in [5.74, 6) is -1.15. The number of halogens is 2. The lowest BCUT2D eigenvalue weighted by Crippen LogP contribution is -2.11. The van der Waals surface area contributed by atoms with Gasteiger partial charge in [0.25, 0.3) is 0 Å². The third kappa shape index (κ3) is 2.30. The Bertz CT molecular complexity index is 512. The van der Waals surface area contributed by atoms with Crippen LogP contribution in [0.3, 0.4) is 0 Å². The fourth-order valence-electron chi connectivity index (χ4n) is 1.35. The number of nitrogens with two attached hydrogens (primary N) is 1. The molecule has 90 valence electrons. The minimum absolute atomic E-state index is 0.151. The Labute approximate surface area is 95.2 Å². The zero-order chi connectivity index (χ0) is 12.4. The highest BCUT2D eigenvalue weighted by atomic mass is 19.1. The highest BCUT2D eigenvalue weighted by molar-refractivity contribution is 5.67. The van der Waals surface area contributed by atoms with Gasteiger partial charge >= 0.3 is 0 Å². The molecular formula is C9H10F2N6. The van der Waals surface area contributed by atoms with Crippen molar-refractivity contribution in [1.82, 2.24) is 20.6 Å². The van der Waals surface area contributed by atoms with Gasteiger partial charge in [0.1, 0.15) is 5.82 Å². The molecule has 6 nitrogen and oxygen atoms in total. The third-order valence-corrected chi connectivity index (χ3v) is 2.22. The summed E-state index contributed by atoms with van der Waals surface area (Å²) in [7, 11) is 0. The summed E-state index contributed by atoms with van der Waals surface area (Å²) in [6.45, 7) is 1.72. The lowest BCUT2D eigenvalue weighted by Gasteiger charge is -2.14. The quantitative estimate of drug-likeness (QED) is 0.702. The molecule has 4 N–H and O–H groups in total. The number of hydrogen-bond donors (Lipinski definition) is 3. The number of aromatic amines is 1. The normalized spacial score (nSPS) is 12.4. The standard InChI is InChI=1S/C9H10F2N6/c1-4(9-14-16-17-15-9)13-7-3-5(10)2-6(11)8(7)12/h2-4,13H,12H2,1H3,(H,14,15,16,17). The molecule has 0 bridgehead atoms. The Morgan fingerprint density at radius 1 is 1.41 bits per heavy atom. The third-order valence-electron chi connectivity index (χ3n) is 2.22. The molecule has 1 aromatic carbocycles. The van der Waals surface area contributed by atoms with E-state index in [0.29, 0.717) is 5.82 Å². The van der Waals surface area contributed by atoms with Crippen molar-refractivity contribution in [3.63, 3.8) is 0 Å². The van der Waals surface area contributed by atoms with E-state index in [2.05, 4.69) is 25.9 Å². The molecule has 0 radical (unpaired) electrons. The zero-order valence-corrected chi connectivity index (χ0v) is 8.91. The summed E-state index contributed by atoms with van der Waals surface area (Å²) in [5, 5.41) is 16.0. The van der Waals surface area contributed by atoms with Crippen LogP contribution in [0, 0.1) is 11.6 Å². The van der Waals surface area contributed by atoms with E-state index in [9.17, 15) is 8.78 Å². The molecule has 0 spiro atoms. The van der Waals surface area contributed by atoms with Gasteiger partial charge in [-0.15, -0.1) is 10.2 Å². The number of nitrogens with one attached hydrogen (secondary N) is 2. The summed E-state index contributed by atoms with van der Waals surface area (Å²) >= 11 is 0. The van der Waals surface area contributed by atoms with E-state index in [1.807, 2.05) is 0 Å². The van der Waals surface area contributed by atoms with E-state index in [0.717, 1.165) is 12.1 Å². The van der Waals surface area contributed by atoms with Crippen LogP contribution in [0.15, 0.2) is 12.1 Å². The largest absolute Gasteiger partial charge is 0.395 e. The zero-order valence-electron chi connectivity index (χ0n) is 8.91. The second kappa shape index (κ2) is 4.32. The Balaban J connectivity index is 2.24. The molecule has 1 heterocycles. The van der Waals surface area contributed by atoms with Crippen molar-refractivity contribution in [2.45, 2.75) is 13.0 Å². The van der Waals surface area contributed by atoms with Gasteiger partial charge in [-0.2, -0.15) is 5.21 Å². The van der Waals surface area contributed by atoms with Crippen LogP contribution in [0.4, 0.5) is 20.2 Å². The first-order valence-electron chi connectivity index (χ1n) is 4.82. The van der Waals surface area contributed by atoms with Gasteiger partial charge in [-0.05, 0) is 13.0 Å². The number of hydrogen-bond acceptors (Lipinski definition) is 5. The maximum atomic E-state index is 13.2. The van der Waals surface area contributed by atoms with E-state index >= 15 is 0 Å². The maximum Gasteiger partial charge on any atom is 0.196 e. The average molecular weight is 240 g/mol. The van der Waals surface area contributed by atoms with Crippen LogP contribution in [0.5, 0.6) is 0 Å². The minimum Gasteiger partial charge on any atom is -0.395 e. The van der Waals surface area contributed by atoms with Gasteiger partial charge in [-0.1, -0.05) is 5.21 Å². The topological polar surface area (TPSA) is 92.5 Å². The smallest absolute Gasteiger partial charge is 0.196 e. The van der Waals surface area contributed by atoms with E-state index in [1.54, 1.807) is 6.92 Å². The molecule has 0 aliphatic heterocycles. The van der Waals surface area contributed by atoms with Gasteiger partial charge in [0.15, 0.2) is 11.6 Å². The summed E-state index contributed by atoms with van der Waals surface area (Å²) in [6, 6.07) is 1.45. The predicted octanol–water partition coefficient (Wildman–Crippen LogP) is 1.23.